The van der Waals surface area contributed by atoms with E-state index in [0.717, 1.165) is 11.1 Å². The molecule has 2 aromatic rings. The largest absolute Gasteiger partial charge is 0.435 e. The Morgan fingerprint density at radius 3 is 2.13 bits per heavy atom. The first-order valence-electron chi connectivity index (χ1n) is 8.87. The van der Waals surface area contributed by atoms with Gasteiger partial charge in [0.15, 0.2) is 0 Å². The number of carbonyl (C=O) groups excluding carboxylic acids is 1. The van der Waals surface area contributed by atoms with E-state index in [1.54, 1.807) is 43.4 Å². The minimum absolute atomic E-state index is 0.0353. The lowest BCUT2D eigenvalue weighted by atomic mass is 10.1. The molecule has 1 N–H and O–H groups in total. The molecule has 0 bridgehead atoms. The molecule has 0 atom stereocenters. The van der Waals surface area contributed by atoms with Crippen molar-refractivity contribution in [1.82, 2.24) is 10.2 Å². The summed E-state index contributed by atoms with van der Waals surface area (Å²) >= 11 is 0. The van der Waals surface area contributed by atoms with Crippen molar-refractivity contribution in [2.45, 2.75) is 32.5 Å². The number of rotatable bonds is 9. The van der Waals surface area contributed by atoms with Crippen LogP contribution in [0.3, 0.4) is 0 Å². The molecule has 0 unspecified atom stereocenters. The van der Waals surface area contributed by atoms with E-state index in [9.17, 15) is 26.7 Å². The number of nitrogens with one attached hydrogen (secondary N) is 1. The van der Waals surface area contributed by atoms with Gasteiger partial charge in [0.05, 0.1) is 6.61 Å². The molecule has 30 heavy (non-hydrogen) atoms. The standard InChI is InChI=1S/C20H21F5N2O3/c1-27(11-15-6-8-17(9-7-15)30-18(21)22)19(28)26-10-14-2-4-16(5-3-14)12-29-13-20(23,24)25/h2-9,18H,10-13H2,1H3,(H,26,28). The van der Waals surface area contributed by atoms with Crippen molar-refractivity contribution in [1.29, 1.82) is 0 Å². The highest BCUT2D eigenvalue weighted by Crippen LogP contribution is 2.17. The summed E-state index contributed by atoms with van der Waals surface area (Å²) in [5.74, 6) is 0.0353. The highest BCUT2D eigenvalue weighted by Gasteiger charge is 2.27. The SMILES string of the molecule is CN(Cc1ccc(OC(F)F)cc1)C(=O)NCc1ccc(COCC(F)(F)F)cc1. The summed E-state index contributed by atoms with van der Waals surface area (Å²) in [5.41, 5.74) is 2.09. The van der Waals surface area contributed by atoms with Gasteiger partial charge in [0.2, 0.25) is 0 Å². The first kappa shape index (κ1) is 23.4. The zero-order valence-corrected chi connectivity index (χ0v) is 16.1. The molecule has 0 aliphatic carbocycles. The monoisotopic (exact) mass is 432 g/mol. The van der Waals surface area contributed by atoms with Crippen molar-refractivity contribution in [3.05, 3.63) is 65.2 Å². The summed E-state index contributed by atoms with van der Waals surface area (Å²) in [6, 6.07) is 12.3. The Morgan fingerprint density at radius 2 is 1.57 bits per heavy atom. The predicted octanol–water partition coefficient (Wildman–Crippen LogP) is 4.71. The smallest absolute Gasteiger partial charge is 0.411 e. The Hall–Kier alpha value is -2.88. The fourth-order valence-corrected chi connectivity index (χ4v) is 2.47. The molecule has 164 valence electrons. The van der Waals surface area contributed by atoms with Gasteiger partial charge in [-0.1, -0.05) is 36.4 Å². The van der Waals surface area contributed by atoms with Crippen molar-refractivity contribution in [2.75, 3.05) is 13.7 Å². The predicted molar refractivity (Wildman–Crippen MR) is 98.9 cm³/mol. The van der Waals surface area contributed by atoms with Crippen molar-refractivity contribution >= 4 is 6.03 Å². The fourth-order valence-electron chi connectivity index (χ4n) is 2.47. The number of ether oxygens (including phenoxy) is 2. The van der Waals surface area contributed by atoms with E-state index in [0.29, 0.717) is 5.56 Å². The van der Waals surface area contributed by atoms with Gasteiger partial charge in [-0.05, 0) is 28.8 Å². The maximum absolute atomic E-state index is 12.2. The van der Waals surface area contributed by atoms with Crippen LogP contribution in [0.1, 0.15) is 16.7 Å². The number of hydrogen-bond donors (Lipinski definition) is 1. The van der Waals surface area contributed by atoms with E-state index in [-0.39, 0.29) is 31.5 Å². The fraction of sp³-hybridized carbons (Fsp3) is 0.350. The second-order valence-electron chi connectivity index (χ2n) is 6.46. The van der Waals surface area contributed by atoms with Crippen molar-refractivity contribution in [2.24, 2.45) is 0 Å². The molecule has 0 aromatic heterocycles. The molecular weight excluding hydrogens is 411 g/mol. The Labute approximate surface area is 170 Å². The quantitative estimate of drug-likeness (QED) is 0.584. The molecule has 2 aromatic carbocycles. The van der Waals surface area contributed by atoms with Crippen LogP contribution in [0.2, 0.25) is 0 Å². The summed E-state index contributed by atoms with van der Waals surface area (Å²) in [7, 11) is 1.58. The number of carbonyl (C=O) groups is 1. The summed E-state index contributed by atoms with van der Waals surface area (Å²) in [5, 5.41) is 2.72. The zero-order valence-electron chi connectivity index (χ0n) is 16.1. The van der Waals surface area contributed by atoms with E-state index in [4.69, 9.17) is 0 Å². The maximum Gasteiger partial charge on any atom is 0.411 e. The molecule has 0 aliphatic rings. The van der Waals surface area contributed by atoms with Crippen LogP contribution < -0.4 is 10.1 Å². The van der Waals surface area contributed by atoms with Crippen molar-refractivity contribution in [3.8, 4) is 5.75 Å². The lowest BCUT2D eigenvalue weighted by Crippen LogP contribution is -2.36. The van der Waals surface area contributed by atoms with Gasteiger partial charge in [-0.15, -0.1) is 0 Å². The third kappa shape index (κ3) is 8.64. The summed E-state index contributed by atoms with van der Waals surface area (Å²) in [6.07, 6.45) is -4.36. The third-order valence-electron chi connectivity index (χ3n) is 3.92. The van der Waals surface area contributed by atoms with E-state index in [1.807, 2.05) is 0 Å². The molecule has 2 amide bonds. The zero-order chi connectivity index (χ0) is 22.1. The molecule has 0 heterocycles. The highest BCUT2D eigenvalue weighted by atomic mass is 19.4. The Bertz CT molecular complexity index is 796. The number of nitrogens with zero attached hydrogens (tertiary/aromatic N) is 1. The normalized spacial score (nSPS) is 11.4. The van der Waals surface area contributed by atoms with Gasteiger partial charge >= 0.3 is 18.8 Å². The lowest BCUT2D eigenvalue weighted by molar-refractivity contribution is -0.176. The molecule has 2 rings (SSSR count). The van der Waals surface area contributed by atoms with Crippen molar-refractivity contribution < 1.29 is 36.2 Å². The van der Waals surface area contributed by atoms with Crippen LogP contribution >= 0.6 is 0 Å². The van der Waals surface area contributed by atoms with E-state index >= 15 is 0 Å². The van der Waals surface area contributed by atoms with Crippen LogP contribution in [-0.4, -0.2) is 37.4 Å². The number of urea groups is 1. The molecule has 0 saturated heterocycles. The van der Waals surface area contributed by atoms with Crippen LogP contribution in [0, 0.1) is 0 Å². The lowest BCUT2D eigenvalue weighted by Gasteiger charge is -2.18. The Morgan fingerprint density at radius 1 is 1.00 bits per heavy atom. The van der Waals surface area contributed by atoms with Crippen LogP contribution in [0.15, 0.2) is 48.5 Å². The average Bonchev–Trinajstić information content (AvgIpc) is 2.67. The summed E-state index contributed by atoms with van der Waals surface area (Å²) in [6.45, 7) is -3.87. The topological polar surface area (TPSA) is 50.8 Å². The Balaban J connectivity index is 1.76. The second-order valence-corrected chi connectivity index (χ2v) is 6.46. The van der Waals surface area contributed by atoms with Crippen LogP contribution in [-0.2, 0) is 24.4 Å². The van der Waals surface area contributed by atoms with Gasteiger partial charge in [-0.3, -0.25) is 0 Å². The van der Waals surface area contributed by atoms with Crippen LogP contribution in [0.4, 0.5) is 26.7 Å². The van der Waals surface area contributed by atoms with Gasteiger partial charge in [0, 0.05) is 20.1 Å². The molecule has 0 fully saturated rings. The molecule has 0 saturated carbocycles. The van der Waals surface area contributed by atoms with Gasteiger partial charge in [-0.2, -0.15) is 22.0 Å². The number of alkyl halides is 5. The third-order valence-corrected chi connectivity index (χ3v) is 3.92. The van der Waals surface area contributed by atoms with E-state index in [1.165, 1.54) is 17.0 Å². The van der Waals surface area contributed by atoms with Gasteiger partial charge in [0.25, 0.3) is 0 Å². The molecular formula is C20H21F5N2O3. The molecule has 10 heteroatoms. The van der Waals surface area contributed by atoms with Crippen molar-refractivity contribution in [3.63, 3.8) is 0 Å². The van der Waals surface area contributed by atoms with Crippen LogP contribution in [0.5, 0.6) is 5.75 Å². The number of amides is 2. The minimum atomic E-state index is -4.36. The molecule has 0 aliphatic heterocycles. The first-order chi connectivity index (χ1) is 14.1. The summed E-state index contributed by atoms with van der Waals surface area (Å²) in [4.78, 5) is 13.6. The molecule has 5 nitrogen and oxygen atoms in total. The second kappa shape index (κ2) is 10.8. The van der Waals surface area contributed by atoms with Gasteiger partial charge in [-0.25, -0.2) is 4.79 Å². The Kier molecular flexibility index (Phi) is 8.40. The minimum Gasteiger partial charge on any atom is -0.435 e. The molecule has 0 spiro atoms. The average molecular weight is 432 g/mol. The first-order valence-corrected chi connectivity index (χ1v) is 8.87. The van der Waals surface area contributed by atoms with Gasteiger partial charge < -0.3 is 19.7 Å². The van der Waals surface area contributed by atoms with Gasteiger partial charge in [0.1, 0.15) is 12.4 Å². The maximum atomic E-state index is 12.2. The summed E-state index contributed by atoms with van der Waals surface area (Å²) < 4.78 is 69.3. The number of benzene rings is 2. The van der Waals surface area contributed by atoms with E-state index < -0.39 is 19.4 Å². The number of halogens is 5. The van der Waals surface area contributed by atoms with Crippen LogP contribution in [0.25, 0.3) is 0 Å². The molecule has 0 radical (unpaired) electrons. The van der Waals surface area contributed by atoms with E-state index in [2.05, 4.69) is 14.8 Å². The highest BCUT2D eigenvalue weighted by molar-refractivity contribution is 5.73. The number of hydrogen-bond acceptors (Lipinski definition) is 3.